The van der Waals surface area contributed by atoms with Crippen molar-refractivity contribution in [2.45, 2.75) is 13.0 Å². The summed E-state index contributed by atoms with van der Waals surface area (Å²) in [7, 11) is 2.46. The summed E-state index contributed by atoms with van der Waals surface area (Å²) in [4.78, 5) is 24.4. The lowest BCUT2D eigenvalue weighted by Gasteiger charge is -2.17. The number of anilines is 1. The molecule has 0 fully saturated rings. The van der Waals surface area contributed by atoms with Crippen molar-refractivity contribution in [1.82, 2.24) is 0 Å². The van der Waals surface area contributed by atoms with Crippen LogP contribution in [0.1, 0.15) is 27.6 Å². The summed E-state index contributed by atoms with van der Waals surface area (Å²) in [6.45, 7) is 1.83. The Kier molecular flexibility index (Phi) is 5.59. The van der Waals surface area contributed by atoms with Gasteiger partial charge in [-0.2, -0.15) is 0 Å². The maximum Gasteiger partial charge on any atom is 0.351 e. The van der Waals surface area contributed by atoms with E-state index in [-0.39, 0.29) is 11.3 Å². The first kappa shape index (κ1) is 18.3. The minimum atomic E-state index is -1.29. The Bertz CT molecular complexity index is 806. The number of hydrogen-bond acceptors (Lipinski definition) is 6. The first-order valence-corrected chi connectivity index (χ1v) is 7.36. The van der Waals surface area contributed by atoms with Gasteiger partial charge in [0.05, 0.1) is 25.5 Å². The van der Waals surface area contributed by atoms with Crippen LogP contribution < -0.4 is 10.5 Å². The normalized spacial score (nSPS) is 11.5. The van der Waals surface area contributed by atoms with Crippen LogP contribution in [0.4, 0.5) is 10.1 Å². The number of hydrogen-bond donors (Lipinski definition) is 1. The standard InChI is InChI=1S/C18H18FNO5/c1-10-5-4-6-11(9-10)16(18(22)24-3)25-17(21)12-7-8-13(23-2)14(19)15(12)20/h4-9,16H,20H2,1-3H3. The average molecular weight is 347 g/mol. The quantitative estimate of drug-likeness (QED) is 0.661. The Morgan fingerprint density at radius 3 is 2.48 bits per heavy atom. The second-order valence-corrected chi connectivity index (χ2v) is 5.27. The molecule has 132 valence electrons. The first-order chi connectivity index (χ1) is 11.9. The molecule has 0 heterocycles. The Morgan fingerprint density at radius 1 is 1.16 bits per heavy atom. The molecule has 0 amide bonds. The van der Waals surface area contributed by atoms with E-state index in [0.717, 1.165) is 5.56 Å². The molecule has 1 unspecified atom stereocenters. The number of nitrogens with two attached hydrogens (primary N) is 1. The highest BCUT2D eigenvalue weighted by Crippen LogP contribution is 2.28. The van der Waals surface area contributed by atoms with E-state index in [4.69, 9.17) is 19.9 Å². The van der Waals surface area contributed by atoms with E-state index >= 15 is 0 Å². The molecule has 7 heteroatoms. The molecule has 6 nitrogen and oxygen atoms in total. The van der Waals surface area contributed by atoms with Gasteiger partial charge in [0.25, 0.3) is 0 Å². The van der Waals surface area contributed by atoms with Crippen molar-refractivity contribution in [3.05, 3.63) is 58.9 Å². The van der Waals surface area contributed by atoms with Crippen molar-refractivity contribution >= 4 is 17.6 Å². The fourth-order valence-electron chi connectivity index (χ4n) is 2.27. The number of aryl methyl sites for hydroxylation is 1. The summed E-state index contributed by atoms with van der Waals surface area (Å²) in [6.07, 6.45) is -1.29. The van der Waals surface area contributed by atoms with Gasteiger partial charge in [0.1, 0.15) is 0 Å². The van der Waals surface area contributed by atoms with Crippen molar-refractivity contribution in [3.63, 3.8) is 0 Å². The molecule has 25 heavy (non-hydrogen) atoms. The van der Waals surface area contributed by atoms with Crippen molar-refractivity contribution in [2.24, 2.45) is 0 Å². The number of benzene rings is 2. The van der Waals surface area contributed by atoms with Gasteiger partial charge in [0.2, 0.25) is 6.10 Å². The van der Waals surface area contributed by atoms with Crippen LogP contribution in [0.15, 0.2) is 36.4 Å². The number of carbonyl (C=O) groups is 2. The molecule has 0 aliphatic heterocycles. The van der Waals surface area contributed by atoms with Gasteiger partial charge in [-0.25, -0.2) is 14.0 Å². The smallest absolute Gasteiger partial charge is 0.351 e. The fraction of sp³-hybridized carbons (Fsp3) is 0.222. The molecule has 2 N–H and O–H groups in total. The average Bonchev–Trinajstić information content (AvgIpc) is 2.61. The summed E-state index contributed by atoms with van der Waals surface area (Å²) in [5, 5.41) is 0. The lowest BCUT2D eigenvalue weighted by molar-refractivity contribution is -0.151. The van der Waals surface area contributed by atoms with Crippen LogP contribution >= 0.6 is 0 Å². The Morgan fingerprint density at radius 2 is 1.88 bits per heavy atom. The minimum absolute atomic E-state index is 0.0998. The summed E-state index contributed by atoms with van der Waals surface area (Å²) < 4.78 is 28.7. The molecule has 0 saturated carbocycles. The second-order valence-electron chi connectivity index (χ2n) is 5.27. The molecule has 2 aromatic carbocycles. The van der Waals surface area contributed by atoms with Gasteiger partial charge in [0.15, 0.2) is 11.6 Å². The highest BCUT2D eigenvalue weighted by atomic mass is 19.1. The van der Waals surface area contributed by atoms with E-state index < -0.39 is 29.5 Å². The lowest BCUT2D eigenvalue weighted by atomic mass is 10.1. The first-order valence-electron chi connectivity index (χ1n) is 7.36. The van der Waals surface area contributed by atoms with E-state index in [9.17, 15) is 14.0 Å². The molecule has 0 aromatic heterocycles. The summed E-state index contributed by atoms with van der Waals surface area (Å²) in [6, 6.07) is 9.38. The van der Waals surface area contributed by atoms with Gasteiger partial charge >= 0.3 is 11.9 Å². The zero-order valence-corrected chi connectivity index (χ0v) is 14.0. The molecular formula is C18H18FNO5. The van der Waals surface area contributed by atoms with Crippen LogP contribution in [0.5, 0.6) is 5.75 Å². The second kappa shape index (κ2) is 7.65. The van der Waals surface area contributed by atoms with Crippen molar-refractivity contribution in [2.75, 3.05) is 20.0 Å². The van der Waals surface area contributed by atoms with Gasteiger partial charge in [-0.15, -0.1) is 0 Å². The van der Waals surface area contributed by atoms with E-state index in [0.29, 0.717) is 5.56 Å². The molecule has 0 aliphatic rings. The van der Waals surface area contributed by atoms with Gasteiger partial charge in [-0.1, -0.05) is 29.8 Å². The Hall–Kier alpha value is -3.09. The van der Waals surface area contributed by atoms with Crippen molar-refractivity contribution in [3.8, 4) is 5.75 Å². The largest absolute Gasteiger partial charge is 0.494 e. The third kappa shape index (κ3) is 3.88. The number of esters is 2. The molecule has 0 radical (unpaired) electrons. The summed E-state index contributed by atoms with van der Waals surface area (Å²) >= 11 is 0. The van der Waals surface area contributed by atoms with Crippen LogP contribution in [-0.2, 0) is 14.3 Å². The molecule has 0 spiro atoms. The minimum Gasteiger partial charge on any atom is -0.494 e. The number of ether oxygens (including phenoxy) is 3. The third-order valence-corrected chi connectivity index (χ3v) is 3.57. The van der Waals surface area contributed by atoms with Gasteiger partial charge in [0, 0.05) is 5.56 Å². The van der Waals surface area contributed by atoms with Crippen molar-refractivity contribution in [1.29, 1.82) is 0 Å². The summed E-state index contributed by atoms with van der Waals surface area (Å²) in [5.74, 6) is -2.68. The number of rotatable bonds is 5. The third-order valence-electron chi connectivity index (χ3n) is 3.57. The van der Waals surface area contributed by atoms with Crippen LogP contribution in [-0.4, -0.2) is 26.2 Å². The molecule has 0 bridgehead atoms. The number of methoxy groups -OCH3 is 2. The zero-order valence-electron chi connectivity index (χ0n) is 14.0. The van der Waals surface area contributed by atoms with E-state index in [1.807, 2.05) is 13.0 Å². The predicted molar refractivity (Wildman–Crippen MR) is 88.7 cm³/mol. The van der Waals surface area contributed by atoms with E-state index in [2.05, 4.69) is 0 Å². The maximum atomic E-state index is 14.0. The highest BCUT2D eigenvalue weighted by molar-refractivity contribution is 5.97. The fourth-order valence-corrected chi connectivity index (χ4v) is 2.27. The van der Waals surface area contributed by atoms with E-state index in [1.165, 1.54) is 26.4 Å². The van der Waals surface area contributed by atoms with Gasteiger partial charge in [-0.05, 0) is 19.1 Å². The van der Waals surface area contributed by atoms with Crippen LogP contribution in [0, 0.1) is 12.7 Å². The molecular weight excluding hydrogens is 329 g/mol. The Balaban J connectivity index is 2.35. The van der Waals surface area contributed by atoms with Crippen LogP contribution in [0.2, 0.25) is 0 Å². The lowest BCUT2D eigenvalue weighted by Crippen LogP contribution is -2.22. The monoisotopic (exact) mass is 347 g/mol. The van der Waals surface area contributed by atoms with Gasteiger partial charge in [-0.3, -0.25) is 0 Å². The van der Waals surface area contributed by atoms with Crippen molar-refractivity contribution < 1.29 is 28.2 Å². The molecule has 1 atom stereocenters. The topological polar surface area (TPSA) is 87.8 Å². The van der Waals surface area contributed by atoms with Gasteiger partial charge < -0.3 is 19.9 Å². The van der Waals surface area contributed by atoms with Crippen LogP contribution in [0.3, 0.4) is 0 Å². The maximum absolute atomic E-state index is 14.0. The highest BCUT2D eigenvalue weighted by Gasteiger charge is 2.28. The van der Waals surface area contributed by atoms with Crippen LogP contribution in [0.25, 0.3) is 0 Å². The Labute approximate surface area is 144 Å². The molecule has 0 aliphatic carbocycles. The number of halogens is 1. The predicted octanol–water partition coefficient (Wildman–Crippen LogP) is 2.80. The number of carbonyl (C=O) groups excluding carboxylic acids is 2. The molecule has 2 rings (SSSR count). The summed E-state index contributed by atoms with van der Waals surface area (Å²) in [5.41, 5.74) is 6.32. The molecule has 2 aromatic rings. The SMILES string of the molecule is COC(=O)C(OC(=O)c1ccc(OC)c(F)c1N)c1cccc(C)c1. The molecule has 0 saturated heterocycles. The zero-order chi connectivity index (χ0) is 18.6. The number of nitrogen functional groups attached to an aromatic ring is 1. The van der Waals surface area contributed by atoms with E-state index in [1.54, 1.807) is 18.2 Å².